The number of rotatable bonds is 6. The molecule has 2 saturated heterocycles. The number of guanidine groups is 1. The predicted octanol–water partition coefficient (Wildman–Crippen LogP) is 2.78. The normalized spacial score (nSPS) is 23.6. The zero-order valence-electron chi connectivity index (χ0n) is 18.1. The summed E-state index contributed by atoms with van der Waals surface area (Å²) < 4.78 is 0. The van der Waals surface area contributed by atoms with Crippen LogP contribution in [0.3, 0.4) is 0 Å². The van der Waals surface area contributed by atoms with Crippen LogP contribution in [-0.2, 0) is 0 Å². The Hall–Kier alpha value is -0.810. The summed E-state index contributed by atoms with van der Waals surface area (Å²) in [7, 11) is 1.89. The summed E-state index contributed by atoms with van der Waals surface area (Å²) >= 11 is 0. The van der Waals surface area contributed by atoms with Gasteiger partial charge in [-0.3, -0.25) is 9.89 Å². The highest BCUT2D eigenvalue weighted by molar-refractivity contribution is 5.80. The van der Waals surface area contributed by atoms with Crippen molar-refractivity contribution in [3.63, 3.8) is 0 Å². The van der Waals surface area contributed by atoms with Crippen molar-refractivity contribution >= 4 is 5.96 Å². The monoisotopic (exact) mass is 365 g/mol. The van der Waals surface area contributed by atoms with E-state index in [-0.39, 0.29) is 0 Å². The van der Waals surface area contributed by atoms with Gasteiger partial charge in [0.25, 0.3) is 0 Å². The van der Waals surface area contributed by atoms with Crippen molar-refractivity contribution < 1.29 is 0 Å². The Kier molecular flexibility index (Phi) is 8.68. The topological polar surface area (TPSA) is 42.9 Å². The van der Waals surface area contributed by atoms with Crippen LogP contribution in [0.4, 0.5) is 0 Å². The molecule has 0 spiro atoms. The minimum absolute atomic E-state index is 0.546. The number of likely N-dealkylation sites (tertiary alicyclic amines) is 2. The lowest BCUT2D eigenvalue weighted by Crippen LogP contribution is -2.54. The molecule has 0 aromatic carbocycles. The molecular formula is C21H43N5. The fraction of sp³-hybridized carbons (Fsp3) is 0.952. The van der Waals surface area contributed by atoms with Crippen LogP contribution in [-0.4, -0.2) is 73.7 Å². The van der Waals surface area contributed by atoms with Crippen molar-refractivity contribution in [1.29, 1.82) is 0 Å². The van der Waals surface area contributed by atoms with Crippen LogP contribution in [0.5, 0.6) is 0 Å². The molecule has 0 radical (unpaired) electrons. The third kappa shape index (κ3) is 6.41. The van der Waals surface area contributed by atoms with E-state index in [1.54, 1.807) is 0 Å². The number of aliphatic imine (C=N–C) groups is 1. The number of nitrogens with one attached hydrogen (secondary N) is 2. The summed E-state index contributed by atoms with van der Waals surface area (Å²) in [4.78, 5) is 9.74. The summed E-state index contributed by atoms with van der Waals surface area (Å²) in [5.41, 5.74) is 0. The van der Waals surface area contributed by atoms with Gasteiger partial charge >= 0.3 is 0 Å². The second-order valence-corrected chi connectivity index (χ2v) is 9.03. The molecule has 2 N–H and O–H groups in total. The van der Waals surface area contributed by atoms with Crippen LogP contribution in [0.1, 0.15) is 60.3 Å². The molecular weight excluding hydrogens is 322 g/mol. The maximum atomic E-state index is 4.49. The first kappa shape index (κ1) is 21.5. The Morgan fingerprint density at radius 3 is 2.04 bits per heavy atom. The minimum Gasteiger partial charge on any atom is -0.355 e. The molecule has 2 rings (SSSR count). The van der Waals surface area contributed by atoms with Gasteiger partial charge < -0.3 is 15.5 Å². The first-order chi connectivity index (χ1) is 12.4. The summed E-state index contributed by atoms with van der Waals surface area (Å²) in [5.74, 6) is 2.52. The molecule has 26 heavy (non-hydrogen) atoms. The first-order valence-electron chi connectivity index (χ1n) is 10.9. The van der Waals surface area contributed by atoms with Gasteiger partial charge in [-0.25, -0.2) is 0 Å². The molecule has 0 aromatic rings. The lowest BCUT2D eigenvalue weighted by atomic mass is 9.94. The van der Waals surface area contributed by atoms with E-state index in [1.165, 1.54) is 51.9 Å². The van der Waals surface area contributed by atoms with Gasteiger partial charge in [-0.15, -0.1) is 0 Å². The molecule has 2 heterocycles. The van der Waals surface area contributed by atoms with E-state index in [4.69, 9.17) is 0 Å². The van der Waals surface area contributed by atoms with Crippen molar-refractivity contribution in [3.05, 3.63) is 0 Å². The Morgan fingerprint density at radius 1 is 0.962 bits per heavy atom. The second-order valence-electron chi connectivity index (χ2n) is 9.03. The number of piperidine rings is 2. The third-order valence-electron chi connectivity index (χ3n) is 6.36. The fourth-order valence-electron chi connectivity index (χ4n) is 4.30. The van der Waals surface area contributed by atoms with Gasteiger partial charge in [0, 0.05) is 44.8 Å². The van der Waals surface area contributed by atoms with Gasteiger partial charge in [0.05, 0.1) is 0 Å². The maximum absolute atomic E-state index is 4.49. The number of hydrogen-bond donors (Lipinski definition) is 2. The highest BCUT2D eigenvalue weighted by atomic mass is 15.2. The van der Waals surface area contributed by atoms with Gasteiger partial charge in [-0.2, -0.15) is 0 Å². The Labute approximate surface area is 162 Å². The smallest absolute Gasteiger partial charge is 0.191 e. The van der Waals surface area contributed by atoms with E-state index >= 15 is 0 Å². The molecule has 2 aliphatic rings. The van der Waals surface area contributed by atoms with Crippen LogP contribution in [0.15, 0.2) is 4.99 Å². The molecule has 2 aliphatic heterocycles. The maximum Gasteiger partial charge on any atom is 0.191 e. The Morgan fingerprint density at radius 2 is 1.54 bits per heavy atom. The summed E-state index contributed by atoms with van der Waals surface area (Å²) in [5, 5.41) is 7.29. The Balaban J connectivity index is 1.79. The van der Waals surface area contributed by atoms with E-state index in [0.717, 1.165) is 18.4 Å². The van der Waals surface area contributed by atoms with E-state index in [2.05, 4.69) is 60.0 Å². The van der Waals surface area contributed by atoms with E-state index < -0.39 is 0 Å². The van der Waals surface area contributed by atoms with Crippen LogP contribution in [0, 0.1) is 11.8 Å². The summed E-state index contributed by atoms with van der Waals surface area (Å²) in [6, 6.07) is 1.79. The minimum atomic E-state index is 0.546. The predicted molar refractivity (Wildman–Crippen MR) is 113 cm³/mol. The van der Waals surface area contributed by atoms with E-state index in [9.17, 15) is 0 Å². The lowest BCUT2D eigenvalue weighted by Gasteiger charge is -2.39. The SMILES string of the molecule is CN=C(NCC(C(C)C)N1CCC(C)CC1)NC1CCN(C(C)C)CC1. The van der Waals surface area contributed by atoms with Crippen molar-refractivity contribution in [2.45, 2.75) is 78.4 Å². The summed E-state index contributed by atoms with van der Waals surface area (Å²) in [6.45, 7) is 17.5. The molecule has 0 aliphatic carbocycles. The van der Waals surface area contributed by atoms with Crippen molar-refractivity contribution in [3.8, 4) is 0 Å². The molecule has 0 saturated carbocycles. The molecule has 1 atom stereocenters. The van der Waals surface area contributed by atoms with Crippen molar-refractivity contribution in [2.24, 2.45) is 16.8 Å². The zero-order chi connectivity index (χ0) is 19.1. The largest absolute Gasteiger partial charge is 0.355 e. The molecule has 5 heteroatoms. The van der Waals surface area contributed by atoms with Gasteiger partial charge in [-0.05, 0) is 64.5 Å². The zero-order valence-corrected chi connectivity index (χ0v) is 18.1. The second kappa shape index (κ2) is 10.5. The molecule has 2 fully saturated rings. The molecule has 5 nitrogen and oxygen atoms in total. The van der Waals surface area contributed by atoms with Crippen molar-refractivity contribution in [2.75, 3.05) is 39.8 Å². The van der Waals surface area contributed by atoms with E-state index in [0.29, 0.717) is 24.0 Å². The highest BCUT2D eigenvalue weighted by Gasteiger charge is 2.26. The van der Waals surface area contributed by atoms with Gasteiger partial charge in [0.1, 0.15) is 0 Å². The van der Waals surface area contributed by atoms with Crippen LogP contribution in [0.25, 0.3) is 0 Å². The fourth-order valence-corrected chi connectivity index (χ4v) is 4.30. The van der Waals surface area contributed by atoms with Gasteiger partial charge in [0.2, 0.25) is 0 Å². The third-order valence-corrected chi connectivity index (χ3v) is 6.36. The average molecular weight is 366 g/mol. The lowest BCUT2D eigenvalue weighted by molar-refractivity contribution is 0.110. The Bertz CT molecular complexity index is 418. The van der Waals surface area contributed by atoms with Crippen molar-refractivity contribution in [1.82, 2.24) is 20.4 Å². The van der Waals surface area contributed by atoms with Gasteiger partial charge in [-0.1, -0.05) is 20.8 Å². The molecule has 0 bridgehead atoms. The number of nitrogens with zero attached hydrogens (tertiary/aromatic N) is 3. The van der Waals surface area contributed by atoms with Crippen LogP contribution in [0.2, 0.25) is 0 Å². The summed E-state index contributed by atoms with van der Waals surface area (Å²) in [6.07, 6.45) is 5.09. The van der Waals surface area contributed by atoms with Crippen LogP contribution >= 0.6 is 0 Å². The first-order valence-corrected chi connectivity index (χ1v) is 10.9. The number of hydrogen-bond acceptors (Lipinski definition) is 3. The molecule has 0 amide bonds. The standard InChI is InChI=1S/C21H43N5/c1-16(2)20(26-11-7-18(5)8-12-26)15-23-21(22-6)24-19-9-13-25(14-10-19)17(3)4/h16-20H,7-15H2,1-6H3,(H2,22,23,24). The van der Waals surface area contributed by atoms with Crippen LogP contribution < -0.4 is 10.6 Å². The molecule has 152 valence electrons. The molecule has 0 aromatic heterocycles. The quantitative estimate of drug-likeness (QED) is 0.561. The van der Waals surface area contributed by atoms with Gasteiger partial charge in [0.15, 0.2) is 5.96 Å². The van der Waals surface area contributed by atoms with E-state index in [1.807, 2.05) is 7.05 Å². The molecule has 1 unspecified atom stereocenters. The highest BCUT2D eigenvalue weighted by Crippen LogP contribution is 2.21. The average Bonchev–Trinajstić information content (AvgIpc) is 2.62.